The molecule has 0 radical (unpaired) electrons. The number of para-hydroxylation sites is 1. The number of hydrogen-bond acceptors (Lipinski definition) is 3. The summed E-state index contributed by atoms with van der Waals surface area (Å²) in [6, 6.07) is 14.3. The fourth-order valence-electron chi connectivity index (χ4n) is 2.45. The first-order valence-corrected chi connectivity index (χ1v) is 7.70. The third kappa shape index (κ3) is 2.14. The molecule has 0 atom stereocenters. The second kappa shape index (κ2) is 4.82. The van der Waals surface area contributed by atoms with Crippen molar-refractivity contribution in [1.82, 2.24) is 14.8 Å². The van der Waals surface area contributed by atoms with E-state index < -0.39 is 0 Å². The van der Waals surface area contributed by atoms with Gasteiger partial charge >= 0.3 is 0 Å². The van der Waals surface area contributed by atoms with Crippen LogP contribution in [0.25, 0.3) is 27.8 Å². The summed E-state index contributed by atoms with van der Waals surface area (Å²) in [6.07, 6.45) is 2.05. The Labute approximate surface area is 126 Å². The monoisotopic (exact) mass is 291 g/mol. The lowest BCUT2D eigenvalue weighted by atomic mass is 10.1. The Kier molecular flexibility index (Phi) is 2.82. The molecule has 3 aromatic heterocycles. The zero-order valence-electron chi connectivity index (χ0n) is 11.5. The second-order valence-electron chi connectivity index (χ2n) is 4.95. The highest BCUT2D eigenvalue weighted by Gasteiger charge is 2.09. The molecule has 0 fully saturated rings. The topological polar surface area (TPSA) is 30.7 Å². The highest BCUT2D eigenvalue weighted by molar-refractivity contribution is 7.08. The van der Waals surface area contributed by atoms with Crippen LogP contribution < -0.4 is 0 Å². The molecule has 3 nitrogen and oxygen atoms in total. The van der Waals surface area contributed by atoms with Crippen molar-refractivity contribution in [2.24, 2.45) is 0 Å². The van der Waals surface area contributed by atoms with E-state index in [1.165, 1.54) is 0 Å². The Morgan fingerprint density at radius 1 is 1.10 bits per heavy atom. The first-order valence-electron chi connectivity index (χ1n) is 6.76. The molecule has 0 amide bonds. The Bertz CT molecular complexity index is 893. The fourth-order valence-corrected chi connectivity index (χ4v) is 3.10. The lowest BCUT2D eigenvalue weighted by Gasteiger charge is -1.99. The molecule has 0 unspecified atom stereocenters. The van der Waals surface area contributed by atoms with Crippen molar-refractivity contribution < 1.29 is 0 Å². The minimum Gasteiger partial charge on any atom is -0.252 e. The van der Waals surface area contributed by atoms with E-state index in [0.29, 0.717) is 0 Å². The number of hydrogen-bond donors (Lipinski definition) is 0. The fraction of sp³-hybridized carbons (Fsp3) is 0.0588. The van der Waals surface area contributed by atoms with Crippen LogP contribution in [0.4, 0.5) is 0 Å². The van der Waals surface area contributed by atoms with E-state index in [1.807, 2.05) is 36.0 Å². The Morgan fingerprint density at radius 2 is 1.95 bits per heavy atom. The van der Waals surface area contributed by atoms with Crippen molar-refractivity contribution in [1.29, 1.82) is 0 Å². The van der Waals surface area contributed by atoms with Gasteiger partial charge in [0.15, 0.2) is 0 Å². The van der Waals surface area contributed by atoms with Crippen molar-refractivity contribution in [2.45, 2.75) is 6.92 Å². The molecule has 0 aliphatic rings. The van der Waals surface area contributed by atoms with Crippen molar-refractivity contribution in [3.05, 3.63) is 65.1 Å². The maximum absolute atomic E-state index is 4.70. The molecule has 0 saturated heterocycles. The first kappa shape index (κ1) is 12.3. The predicted molar refractivity (Wildman–Crippen MR) is 86.9 cm³/mol. The first-order chi connectivity index (χ1) is 10.3. The van der Waals surface area contributed by atoms with Gasteiger partial charge in [-0.1, -0.05) is 18.2 Å². The summed E-state index contributed by atoms with van der Waals surface area (Å²) >= 11 is 1.68. The average Bonchev–Trinajstić information content (AvgIpc) is 3.17. The summed E-state index contributed by atoms with van der Waals surface area (Å²) in [5.41, 5.74) is 5.19. The Hall–Kier alpha value is -2.46. The summed E-state index contributed by atoms with van der Waals surface area (Å²) in [7, 11) is 0. The molecule has 0 bridgehead atoms. The van der Waals surface area contributed by atoms with Crippen LogP contribution in [0.15, 0.2) is 59.4 Å². The molecule has 0 saturated carbocycles. The van der Waals surface area contributed by atoms with Crippen LogP contribution in [0.1, 0.15) is 5.69 Å². The SMILES string of the molecule is Cc1nc(-c2ccsc2)cc2nn(-c3ccccc3)cc12. The van der Waals surface area contributed by atoms with Gasteiger partial charge in [0.05, 0.1) is 16.9 Å². The lowest BCUT2D eigenvalue weighted by Crippen LogP contribution is -1.92. The molecule has 4 aromatic rings. The van der Waals surface area contributed by atoms with Crippen molar-refractivity contribution in [2.75, 3.05) is 0 Å². The molecule has 21 heavy (non-hydrogen) atoms. The third-order valence-electron chi connectivity index (χ3n) is 3.53. The van der Waals surface area contributed by atoms with Gasteiger partial charge in [0.1, 0.15) is 0 Å². The second-order valence-corrected chi connectivity index (χ2v) is 5.73. The minimum absolute atomic E-state index is 0.979. The Morgan fingerprint density at radius 3 is 2.71 bits per heavy atom. The average molecular weight is 291 g/mol. The van der Waals surface area contributed by atoms with Gasteiger partial charge in [-0.2, -0.15) is 16.4 Å². The maximum atomic E-state index is 4.70. The molecular formula is C17H13N3S. The highest BCUT2D eigenvalue weighted by Crippen LogP contribution is 2.26. The molecule has 0 aliphatic heterocycles. The van der Waals surface area contributed by atoms with Crippen LogP contribution in [0.2, 0.25) is 0 Å². The maximum Gasteiger partial charge on any atom is 0.0967 e. The number of thiophene rings is 1. The van der Waals surface area contributed by atoms with Crippen LogP contribution in [0.3, 0.4) is 0 Å². The molecule has 0 N–H and O–H groups in total. The zero-order chi connectivity index (χ0) is 14.2. The van der Waals surface area contributed by atoms with Gasteiger partial charge < -0.3 is 0 Å². The standard InChI is InChI=1S/C17H13N3S/c1-12-15-10-20(14-5-3-2-4-6-14)19-17(15)9-16(18-12)13-7-8-21-11-13/h2-11H,1H3. The number of fused-ring (bicyclic) bond motifs is 1. The molecule has 1 aromatic carbocycles. The van der Waals surface area contributed by atoms with Gasteiger partial charge in [0.25, 0.3) is 0 Å². The van der Waals surface area contributed by atoms with E-state index in [-0.39, 0.29) is 0 Å². The van der Waals surface area contributed by atoms with Crippen molar-refractivity contribution in [3.8, 4) is 16.9 Å². The highest BCUT2D eigenvalue weighted by atomic mass is 32.1. The molecule has 102 valence electrons. The van der Waals surface area contributed by atoms with Gasteiger partial charge in [0, 0.05) is 28.2 Å². The quantitative estimate of drug-likeness (QED) is 0.546. The molecule has 4 heteroatoms. The van der Waals surface area contributed by atoms with E-state index in [1.54, 1.807) is 11.3 Å². The van der Waals surface area contributed by atoms with Crippen LogP contribution in [0, 0.1) is 6.92 Å². The number of aromatic nitrogens is 3. The molecule has 4 rings (SSSR count). The number of aryl methyl sites for hydroxylation is 1. The summed E-state index contributed by atoms with van der Waals surface area (Å²) in [6.45, 7) is 2.04. The normalized spacial score (nSPS) is 11.1. The van der Waals surface area contributed by atoms with Gasteiger partial charge in [-0.3, -0.25) is 4.98 Å². The van der Waals surface area contributed by atoms with Gasteiger partial charge in [-0.25, -0.2) is 4.68 Å². The van der Waals surface area contributed by atoms with Gasteiger partial charge in [-0.15, -0.1) is 0 Å². The van der Waals surface area contributed by atoms with Gasteiger partial charge in [-0.05, 0) is 36.6 Å². The van der Waals surface area contributed by atoms with Crippen LogP contribution >= 0.6 is 11.3 Å². The van der Waals surface area contributed by atoms with Crippen LogP contribution in [-0.2, 0) is 0 Å². The van der Waals surface area contributed by atoms with Crippen molar-refractivity contribution >= 4 is 22.2 Å². The van der Waals surface area contributed by atoms with E-state index in [9.17, 15) is 0 Å². The van der Waals surface area contributed by atoms with E-state index >= 15 is 0 Å². The largest absolute Gasteiger partial charge is 0.252 e. The lowest BCUT2D eigenvalue weighted by molar-refractivity contribution is 0.896. The Balaban J connectivity index is 1.90. The van der Waals surface area contributed by atoms with E-state index in [2.05, 4.69) is 35.0 Å². The molecule has 0 aliphatic carbocycles. The van der Waals surface area contributed by atoms with E-state index in [0.717, 1.165) is 33.5 Å². The zero-order valence-corrected chi connectivity index (χ0v) is 12.3. The smallest absolute Gasteiger partial charge is 0.0967 e. The summed E-state index contributed by atoms with van der Waals surface area (Å²) in [4.78, 5) is 4.70. The number of nitrogens with zero attached hydrogens (tertiary/aromatic N) is 3. The number of rotatable bonds is 2. The van der Waals surface area contributed by atoms with Crippen LogP contribution in [-0.4, -0.2) is 14.8 Å². The number of benzene rings is 1. The summed E-state index contributed by atoms with van der Waals surface area (Å²) in [5, 5.41) is 9.97. The van der Waals surface area contributed by atoms with Crippen LogP contribution in [0.5, 0.6) is 0 Å². The minimum atomic E-state index is 0.979. The van der Waals surface area contributed by atoms with E-state index in [4.69, 9.17) is 10.1 Å². The molecule has 0 spiro atoms. The summed E-state index contributed by atoms with van der Waals surface area (Å²) < 4.78 is 1.91. The van der Waals surface area contributed by atoms with Gasteiger partial charge in [0.2, 0.25) is 0 Å². The van der Waals surface area contributed by atoms with Crippen molar-refractivity contribution in [3.63, 3.8) is 0 Å². The summed E-state index contributed by atoms with van der Waals surface area (Å²) in [5.74, 6) is 0. The molecular weight excluding hydrogens is 278 g/mol. The molecule has 3 heterocycles. The third-order valence-corrected chi connectivity index (χ3v) is 4.22. The predicted octanol–water partition coefficient (Wildman–Crippen LogP) is 4.46. The number of pyridine rings is 1.